The summed E-state index contributed by atoms with van der Waals surface area (Å²) >= 11 is 0. The number of rotatable bonds is 11. The molecule has 0 unspecified atom stereocenters. The van der Waals surface area contributed by atoms with Crippen molar-refractivity contribution in [3.63, 3.8) is 0 Å². The fraction of sp³-hybridized carbons (Fsp3) is 0.156. The first-order valence-electron chi connectivity index (χ1n) is 12.5. The Morgan fingerprint density at radius 2 is 1.76 bits per heavy atom. The lowest BCUT2D eigenvalue weighted by Gasteiger charge is -2.12. The molecular formula is C32H30N2O4. The lowest BCUT2D eigenvalue weighted by Crippen LogP contribution is -2.00. The predicted molar refractivity (Wildman–Crippen MR) is 150 cm³/mol. The molecule has 38 heavy (non-hydrogen) atoms. The summed E-state index contributed by atoms with van der Waals surface area (Å²) in [7, 11) is 1.65. The van der Waals surface area contributed by atoms with Gasteiger partial charge in [-0.1, -0.05) is 36.4 Å². The van der Waals surface area contributed by atoms with Crippen molar-refractivity contribution in [2.24, 2.45) is 5.73 Å². The van der Waals surface area contributed by atoms with Crippen LogP contribution in [0, 0.1) is 0 Å². The van der Waals surface area contributed by atoms with Crippen molar-refractivity contribution in [3.05, 3.63) is 113 Å². The molecule has 1 aromatic heterocycles. The molecule has 5 aromatic rings. The number of ether oxygens (including phenoxy) is 2. The highest BCUT2D eigenvalue weighted by molar-refractivity contribution is 5.93. The van der Waals surface area contributed by atoms with Gasteiger partial charge in [-0.3, -0.25) is 0 Å². The predicted octanol–water partition coefficient (Wildman–Crippen LogP) is 6.50. The SMILES string of the molecule is COc1ccc(NCc2cc3cc(COc4ccccc4CC=O)cc(-c4cccc(CN)c4)c3o2)cc1. The van der Waals surface area contributed by atoms with E-state index in [9.17, 15) is 4.79 Å². The minimum Gasteiger partial charge on any atom is -0.497 e. The maximum Gasteiger partial charge on any atom is 0.142 e. The normalized spacial score (nSPS) is 10.9. The van der Waals surface area contributed by atoms with Crippen molar-refractivity contribution in [2.45, 2.75) is 26.1 Å². The number of nitrogens with one attached hydrogen (secondary N) is 1. The maximum absolute atomic E-state index is 11.1. The Morgan fingerprint density at radius 1 is 0.921 bits per heavy atom. The Morgan fingerprint density at radius 3 is 2.55 bits per heavy atom. The topological polar surface area (TPSA) is 86.7 Å². The van der Waals surface area contributed by atoms with E-state index in [4.69, 9.17) is 19.6 Å². The second-order valence-electron chi connectivity index (χ2n) is 9.03. The van der Waals surface area contributed by atoms with E-state index < -0.39 is 0 Å². The third-order valence-electron chi connectivity index (χ3n) is 6.43. The molecule has 0 atom stereocenters. The highest BCUT2D eigenvalue weighted by atomic mass is 16.5. The summed E-state index contributed by atoms with van der Waals surface area (Å²) in [6.07, 6.45) is 1.21. The van der Waals surface area contributed by atoms with Gasteiger partial charge >= 0.3 is 0 Å². The number of nitrogens with two attached hydrogens (primary N) is 1. The lowest BCUT2D eigenvalue weighted by molar-refractivity contribution is -0.107. The number of aldehydes is 1. The Labute approximate surface area is 222 Å². The van der Waals surface area contributed by atoms with Gasteiger partial charge in [0.25, 0.3) is 0 Å². The zero-order valence-corrected chi connectivity index (χ0v) is 21.3. The molecule has 0 saturated heterocycles. The standard InChI is InChI=1S/C32H30N2O4/c1-36-28-11-9-27(10-12-28)34-20-29-18-26-16-23(21-37-31-8-3-2-6-24(31)13-14-35)17-30(32(26)38-29)25-7-4-5-22(15-25)19-33/h2-12,14-18,34H,13,19-21,33H2,1H3. The van der Waals surface area contributed by atoms with E-state index in [1.165, 1.54) is 0 Å². The van der Waals surface area contributed by atoms with Crippen LogP contribution >= 0.6 is 0 Å². The van der Waals surface area contributed by atoms with Gasteiger partial charge in [-0.2, -0.15) is 0 Å². The van der Waals surface area contributed by atoms with Crippen LogP contribution in [0.5, 0.6) is 11.5 Å². The molecule has 192 valence electrons. The maximum atomic E-state index is 11.1. The largest absolute Gasteiger partial charge is 0.497 e. The molecule has 6 heteroatoms. The Kier molecular flexibility index (Phi) is 7.71. The fourth-order valence-corrected chi connectivity index (χ4v) is 4.48. The fourth-order valence-electron chi connectivity index (χ4n) is 4.48. The van der Waals surface area contributed by atoms with Crippen LogP contribution in [0.1, 0.15) is 22.5 Å². The highest BCUT2D eigenvalue weighted by Gasteiger charge is 2.14. The van der Waals surface area contributed by atoms with Crippen LogP contribution in [0.3, 0.4) is 0 Å². The number of fused-ring (bicyclic) bond motifs is 1. The van der Waals surface area contributed by atoms with E-state index in [1.807, 2.05) is 60.7 Å². The summed E-state index contributed by atoms with van der Waals surface area (Å²) in [5.41, 5.74) is 12.6. The van der Waals surface area contributed by atoms with Crippen LogP contribution in [-0.4, -0.2) is 13.4 Å². The van der Waals surface area contributed by atoms with Crippen molar-refractivity contribution in [2.75, 3.05) is 12.4 Å². The number of anilines is 1. The van der Waals surface area contributed by atoms with Crippen LogP contribution in [0.15, 0.2) is 95.4 Å². The van der Waals surface area contributed by atoms with E-state index in [0.29, 0.717) is 31.9 Å². The molecule has 1 heterocycles. The first kappa shape index (κ1) is 25.1. The molecule has 0 amide bonds. The molecule has 0 bridgehead atoms. The second kappa shape index (κ2) is 11.7. The molecule has 3 N–H and O–H groups in total. The number of hydrogen-bond acceptors (Lipinski definition) is 6. The number of hydrogen-bond donors (Lipinski definition) is 2. The van der Waals surface area contributed by atoms with Crippen LogP contribution in [-0.2, 0) is 30.9 Å². The molecule has 0 radical (unpaired) electrons. The van der Waals surface area contributed by atoms with E-state index in [0.717, 1.165) is 62.3 Å². The quantitative estimate of drug-likeness (QED) is 0.199. The van der Waals surface area contributed by atoms with E-state index in [1.54, 1.807) is 7.11 Å². The van der Waals surface area contributed by atoms with Gasteiger partial charge in [0.05, 0.1) is 13.7 Å². The van der Waals surface area contributed by atoms with Crippen LogP contribution in [0.2, 0.25) is 0 Å². The third kappa shape index (κ3) is 5.71. The molecule has 4 aromatic carbocycles. The average molecular weight is 507 g/mol. The summed E-state index contributed by atoms with van der Waals surface area (Å²) in [5.74, 6) is 2.34. The zero-order valence-electron chi connectivity index (χ0n) is 21.3. The van der Waals surface area contributed by atoms with Gasteiger partial charge in [0.15, 0.2) is 0 Å². The number of methoxy groups -OCH3 is 1. The van der Waals surface area contributed by atoms with Gasteiger partial charge in [0, 0.05) is 35.2 Å². The van der Waals surface area contributed by atoms with E-state index >= 15 is 0 Å². The van der Waals surface area contributed by atoms with Gasteiger partial charge < -0.3 is 29.7 Å². The Hall–Kier alpha value is -4.55. The van der Waals surface area contributed by atoms with E-state index in [2.05, 4.69) is 35.6 Å². The first-order valence-corrected chi connectivity index (χ1v) is 12.5. The summed E-state index contributed by atoms with van der Waals surface area (Å²) in [6.45, 7) is 1.36. The number of carbonyl (C=O) groups is 1. The van der Waals surface area contributed by atoms with Crippen LogP contribution < -0.4 is 20.5 Å². The van der Waals surface area contributed by atoms with Crippen molar-refractivity contribution < 1.29 is 18.7 Å². The van der Waals surface area contributed by atoms with Crippen LogP contribution in [0.4, 0.5) is 5.69 Å². The summed E-state index contributed by atoms with van der Waals surface area (Å²) in [4.78, 5) is 11.1. The molecule has 0 aliphatic rings. The summed E-state index contributed by atoms with van der Waals surface area (Å²) in [6, 6.07) is 29.9. The van der Waals surface area contributed by atoms with Crippen molar-refractivity contribution in [3.8, 4) is 22.6 Å². The van der Waals surface area contributed by atoms with Gasteiger partial charge in [-0.05, 0) is 71.3 Å². The summed E-state index contributed by atoms with van der Waals surface area (Å²) < 4.78 is 17.8. The average Bonchev–Trinajstić information content (AvgIpc) is 3.38. The highest BCUT2D eigenvalue weighted by Crippen LogP contribution is 2.34. The van der Waals surface area contributed by atoms with Crippen molar-refractivity contribution in [1.82, 2.24) is 0 Å². The monoisotopic (exact) mass is 506 g/mol. The van der Waals surface area contributed by atoms with Crippen molar-refractivity contribution in [1.29, 1.82) is 0 Å². The van der Waals surface area contributed by atoms with Gasteiger partial charge in [-0.25, -0.2) is 0 Å². The smallest absolute Gasteiger partial charge is 0.142 e. The number of para-hydroxylation sites is 1. The minimum atomic E-state index is 0.318. The second-order valence-corrected chi connectivity index (χ2v) is 9.03. The molecule has 0 aliphatic heterocycles. The number of furan rings is 1. The van der Waals surface area contributed by atoms with Crippen molar-refractivity contribution >= 4 is 22.9 Å². The molecule has 5 rings (SSSR count). The van der Waals surface area contributed by atoms with Gasteiger partial charge in [0.2, 0.25) is 0 Å². The van der Waals surface area contributed by atoms with Gasteiger partial charge in [0.1, 0.15) is 35.7 Å². The molecule has 6 nitrogen and oxygen atoms in total. The van der Waals surface area contributed by atoms with Gasteiger partial charge in [-0.15, -0.1) is 0 Å². The zero-order chi connectivity index (χ0) is 26.3. The minimum absolute atomic E-state index is 0.318. The number of benzene rings is 4. The first-order chi connectivity index (χ1) is 18.7. The molecule has 0 aliphatic carbocycles. The van der Waals surface area contributed by atoms with E-state index in [-0.39, 0.29) is 0 Å². The Bertz CT molecular complexity index is 1540. The molecule has 0 fully saturated rings. The lowest BCUT2D eigenvalue weighted by atomic mass is 9.99. The Balaban J connectivity index is 1.46. The molecule has 0 spiro atoms. The third-order valence-corrected chi connectivity index (χ3v) is 6.43. The molecular weight excluding hydrogens is 476 g/mol. The number of carbonyl (C=O) groups excluding carboxylic acids is 1. The van der Waals surface area contributed by atoms with Crippen LogP contribution in [0.25, 0.3) is 22.1 Å². The molecule has 0 saturated carbocycles. The summed E-state index contributed by atoms with van der Waals surface area (Å²) in [5, 5.41) is 4.40.